The fourth-order valence-electron chi connectivity index (χ4n) is 3.40. The smallest absolute Gasteiger partial charge is 0.243 e. The lowest BCUT2D eigenvalue weighted by atomic mass is 10.2. The molecule has 0 aliphatic carbocycles. The Kier molecular flexibility index (Phi) is 5.90. The van der Waals surface area contributed by atoms with E-state index in [0.717, 1.165) is 18.5 Å². The number of rotatable bonds is 6. The van der Waals surface area contributed by atoms with Gasteiger partial charge in [0.2, 0.25) is 10.0 Å². The van der Waals surface area contributed by atoms with Crippen LogP contribution < -0.4 is 0 Å². The molecular weight excluding hydrogens is 418 g/mol. The van der Waals surface area contributed by atoms with Crippen LogP contribution in [0.3, 0.4) is 0 Å². The summed E-state index contributed by atoms with van der Waals surface area (Å²) in [7, 11) is -3.54. The van der Waals surface area contributed by atoms with Crippen LogP contribution >= 0.6 is 11.8 Å². The molecule has 7 nitrogen and oxygen atoms in total. The SMILES string of the molecule is C[C@@H](C#N)Sc1nnc(-c2cccc(S(=O)(=O)N3CCCC3)c2)n1-c1ccccc1. The van der Waals surface area contributed by atoms with Gasteiger partial charge in [-0.1, -0.05) is 42.1 Å². The van der Waals surface area contributed by atoms with Crippen LogP contribution in [-0.2, 0) is 10.0 Å². The van der Waals surface area contributed by atoms with Gasteiger partial charge in [0.25, 0.3) is 0 Å². The van der Waals surface area contributed by atoms with Gasteiger partial charge in [0.1, 0.15) is 0 Å². The van der Waals surface area contributed by atoms with Crippen molar-refractivity contribution in [2.24, 2.45) is 0 Å². The minimum atomic E-state index is -3.54. The summed E-state index contributed by atoms with van der Waals surface area (Å²) in [6.07, 6.45) is 1.78. The highest BCUT2D eigenvalue weighted by atomic mass is 32.2. The molecule has 4 rings (SSSR count). The van der Waals surface area contributed by atoms with Gasteiger partial charge in [-0.15, -0.1) is 10.2 Å². The van der Waals surface area contributed by atoms with Crippen LogP contribution in [0.2, 0.25) is 0 Å². The molecule has 1 saturated heterocycles. The largest absolute Gasteiger partial charge is 0.270 e. The third-order valence-corrected chi connectivity index (χ3v) is 7.74. The molecule has 1 aromatic heterocycles. The number of para-hydroxylation sites is 1. The third kappa shape index (κ3) is 3.99. The second-order valence-electron chi connectivity index (χ2n) is 7.01. The maximum atomic E-state index is 13.0. The lowest BCUT2D eigenvalue weighted by Crippen LogP contribution is -2.27. The average Bonchev–Trinajstić information content (AvgIpc) is 3.45. The van der Waals surface area contributed by atoms with E-state index in [9.17, 15) is 13.7 Å². The molecule has 3 aromatic rings. The van der Waals surface area contributed by atoms with Crippen molar-refractivity contribution >= 4 is 21.8 Å². The highest BCUT2D eigenvalue weighted by Gasteiger charge is 2.28. The Morgan fingerprint density at radius 3 is 2.50 bits per heavy atom. The van der Waals surface area contributed by atoms with Gasteiger partial charge < -0.3 is 0 Å². The molecule has 2 aromatic carbocycles. The van der Waals surface area contributed by atoms with Gasteiger partial charge in [-0.2, -0.15) is 9.57 Å². The molecule has 0 saturated carbocycles. The van der Waals surface area contributed by atoms with Crippen LogP contribution in [0.4, 0.5) is 0 Å². The number of hydrogen-bond donors (Lipinski definition) is 0. The van der Waals surface area contributed by atoms with Gasteiger partial charge in [0, 0.05) is 24.3 Å². The zero-order chi connectivity index (χ0) is 21.1. The lowest BCUT2D eigenvalue weighted by Gasteiger charge is -2.16. The number of thioether (sulfide) groups is 1. The number of nitriles is 1. The molecule has 0 bridgehead atoms. The van der Waals surface area contributed by atoms with Crippen LogP contribution in [0.15, 0.2) is 64.6 Å². The first-order valence-electron chi connectivity index (χ1n) is 9.68. The molecule has 9 heteroatoms. The van der Waals surface area contributed by atoms with Crippen LogP contribution in [0.1, 0.15) is 19.8 Å². The van der Waals surface area contributed by atoms with E-state index in [1.165, 1.54) is 16.1 Å². The van der Waals surface area contributed by atoms with E-state index in [-0.39, 0.29) is 10.1 Å². The molecule has 0 unspecified atom stereocenters. The molecule has 0 spiro atoms. The van der Waals surface area contributed by atoms with Gasteiger partial charge in [-0.3, -0.25) is 4.57 Å². The number of nitrogens with zero attached hydrogens (tertiary/aromatic N) is 5. The summed E-state index contributed by atoms with van der Waals surface area (Å²) in [6.45, 7) is 2.91. The Morgan fingerprint density at radius 1 is 1.07 bits per heavy atom. The monoisotopic (exact) mass is 439 g/mol. The van der Waals surface area contributed by atoms with Crippen molar-refractivity contribution in [3.8, 4) is 23.1 Å². The first kappa shape index (κ1) is 20.6. The highest BCUT2D eigenvalue weighted by Crippen LogP contribution is 2.31. The molecule has 0 amide bonds. The van der Waals surface area contributed by atoms with E-state index in [0.29, 0.717) is 29.6 Å². The fraction of sp³-hybridized carbons (Fsp3) is 0.286. The second kappa shape index (κ2) is 8.60. The Hall–Kier alpha value is -2.67. The van der Waals surface area contributed by atoms with Crippen molar-refractivity contribution in [1.29, 1.82) is 5.26 Å². The van der Waals surface area contributed by atoms with Crippen LogP contribution in [0, 0.1) is 11.3 Å². The fourth-order valence-corrected chi connectivity index (χ4v) is 5.72. The zero-order valence-electron chi connectivity index (χ0n) is 16.5. The van der Waals surface area contributed by atoms with Gasteiger partial charge in [0.15, 0.2) is 11.0 Å². The zero-order valence-corrected chi connectivity index (χ0v) is 18.1. The third-order valence-electron chi connectivity index (χ3n) is 4.91. The van der Waals surface area contributed by atoms with Crippen molar-refractivity contribution in [3.63, 3.8) is 0 Å². The summed E-state index contributed by atoms with van der Waals surface area (Å²) in [6, 6.07) is 18.6. The quantitative estimate of drug-likeness (QED) is 0.544. The molecule has 0 radical (unpaired) electrons. The van der Waals surface area contributed by atoms with Crippen molar-refractivity contribution in [2.45, 2.75) is 35.1 Å². The van der Waals surface area contributed by atoms with E-state index in [1.54, 1.807) is 25.1 Å². The molecular formula is C21H21N5O2S2. The number of benzene rings is 2. The molecule has 1 aliphatic heterocycles. The Bertz CT molecular complexity index is 1180. The highest BCUT2D eigenvalue weighted by molar-refractivity contribution is 8.00. The van der Waals surface area contributed by atoms with Crippen LogP contribution in [0.25, 0.3) is 17.1 Å². The molecule has 2 heterocycles. The summed E-state index contributed by atoms with van der Waals surface area (Å²) in [5.74, 6) is 0.535. The van der Waals surface area contributed by atoms with Gasteiger partial charge in [0.05, 0.1) is 16.2 Å². The first-order chi connectivity index (χ1) is 14.5. The molecule has 154 valence electrons. The Balaban J connectivity index is 1.80. The lowest BCUT2D eigenvalue weighted by molar-refractivity contribution is 0.477. The molecule has 0 N–H and O–H groups in total. The van der Waals surface area contributed by atoms with E-state index >= 15 is 0 Å². The maximum absolute atomic E-state index is 13.0. The number of sulfonamides is 1. The second-order valence-corrected chi connectivity index (χ2v) is 10.3. The Morgan fingerprint density at radius 2 is 1.80 bits per heavy atom. The van der Waals surface area contributed by atoms with E-state index in [4.69, 9.17) is 0 Å². The number of hydrogen-bond acceptors (Lipinski definition) is 6. The maximum Gasteiger partial charge on any atom is 0.243 e. The van der Waals surface area contributed by atoms with Crippen molar-refractivity contribution in [1.82, 2.24) is 19.1 Å². The summed E-state index contributed by atoms with van der Waals surface area (Å²) < 4.78 is 29.4. The molecule has 1 aliphatic rings. The normalized spacial score (nSPS) is 15.7. The predicted octanol–water partition coefficient (Wildman–Crippen LogP) is 3.72. The minimum absolute atomic E-state index is 0.254. The van der Waals surface area contributed by atoms with Crippen molar-refractivity contribution in [2.75, 3.05) is 13.1 Å². The molecule has 30 heavy (non-hydrogen) atoms. The van der Waals surface area contributed by atoms with Crippen LogP contribution in [0.5, 0.6) is 0 Å². The van der Waals surface area contributed by atoms with Crippen LogP contribution in [-0.4, -0.2) is 45.8 Å². The van der Waals surface area contributed by atoms with E-state index in [1.807, 2.05) is 41.0 Å². The standard InChI is InChI=1S/C21H21N5O2S2/c1-16(15-22)29-21-24-23-20(26(21)18-9-3-2-4-10-18)17-8-7-11-19(14-17)30(27,28)25-12-5-6-13-25/h2-4,7-11,14,16H,5-6,12-13H2,1H3/t16-/m0/s1. The van der Waals surface area contributed by atoms with Gasteiger partial charge >= 0.3 is 0 Å². The van der Waals surface area contributed by atoms with E-state index < -0.39 is 10.0 Å². The average molecular weight is 440 g/mol. The summed E-state index contributed by atoms with van der Waals surface area (Å²) in [5.41, 5.74) is 1.50. The summed E-state index contributed by atoms with van der Waals surface area (Å²) in [5, 5.41) is 18.1. The summed E-state index contributed by atoms with van der Waals surface area (Å²) >= 11 is 1.31. The Labute approximate surface area is 180 Å². The van der Waals surface area contributed by atoms with E-state index in [2.05, 4.69) is 16.3 Å². The van der Waals surface area contributed by atoms with Crippen molar-refractivity contribution in [3.05, 3.63) is 54.6 Å². The summed E-state index contributed by atoms with van der Waals surface area (Å²) in [4.78, 5) is 0.254. The van der Waals surface area contributed by atoms with Gasteiger partial charge in [-0.25, -0.2) is 8.42 Å². The predicted molar refractivity (Wildman–Crippen MR) is 116 cm³/mol. The number of aromatic nitrogens is 3. The minimum Gasteiger partial charge on any atom is -0.270 e. The first-order valence-corrected chi connectivity index (χ1v) is 12.0. The van der Waals surface area contributed by atoms with Crippen molar-refractivity contribution < 1.29 is 8.42 Å². The molecule has 1 atom stereocenters. The topological polar surface area (TPSA) is 91.9 Å². The van der Waals surface area contributed by atoms with Gasteiger partial charge in [-0.05, 0) is 44.0 Å². The molecule has 1 fully saturated rings.